The highest BCUT2D eigenvalue weighted by Crippen LogP contribution is 2.38. The Kier molecular flexibility index (Phi) is 8.15. The van der Waals surface area contributed by atoms with Crippen molar-refractivity contribution in [3.8, 4) is 22.6 Å². The predicted molar refractivity (Wildman–Crippen MR) is 141 cm³/mol. The van der Waals surface area contributed by atoms with E-state index in [1.807, 2.05) is 29.3 Å². The molecule has 1 atom stereocenters. The van der Waals surface area contributed by atoms with Crippen molar-refractivity contribution in [2.45, 2.75) is 19.8 Å². The molecule has 180 valence electrons. The quantitative estimate of drug-likeness (QED) is 0.187. The van der Waals surface area contributed by atoms with Crippen molar-refractivity contribution in [2.75, 3.05) is 20.2 Å². The number of rotatable bonds is 8. The number of methoxy groups -OCH3 is 1. The highest BCUT2D eigenvalue weighted by Gasteiger charge is 2.28. The van der Waals surface area contributed by atoms with Crippen LogP contribution in [0.2, 0.25) is 0 Å². The summed E-state index contributed by atoms with van der Waals surface area (Å²) in [6, 6.07) is 9.92. The molecule has 0 bridgehead atoms. The number of fused-ring (bicyclic) bond motifs is 1. The fourth-order valence-electron chi connectivity index (χ4n) is 4.22. The standard InChI is InChI=1S/C27H26N4O3.CH4/c1-5-7-25(28-3)34-23-9-8-18(14-24(23)33-4)20-12-21-15-29-17-30-27(21)22(13-20)19-10-11-31(16-19)26(32)6-2;/h5-9,12-15,17,19H,1-3,10-11,16H2,4H3;1H4/b25-7+;. The average molecular weight is 471 g/mol. The first-order chi connectivity index (χ1) is 16.6. The van der Waals surface area contributed by atoms with Crippen LogP contribution >= 0.6 is 0 Å². The van der Waals surface area contributed by atoms with Crippen LogP contribution in [0.5, 0.6) is 11.5 Å². The van der Waals surface area contributed by atoms with Crippen LogP contribution in [-0.4, -0.2) is 47.7 Å². The summed E-state index contributed by atoms with van der Waals surface area (Å²) in [6.07, 6.45) is 8.81. The largest absolute Gasteiger partial charge is 0.493 e. The van der Waals surface area contributed by atoms with Gasteiger partial charge in [-0.05, 0) is 60.2 Å². The fraction of sp³-hybridized carbons (Fsp3) is 0.214. The van der Waals surface area contributed by atoms with Gasteiger partial charge >= 0.3 is 0 Å². The predicted octanol–water partition coefficient (Wildman–Crippen LogP) is 5.55. The molecule has 2 heterocycles. The van der Waals surface area contributed by atoms with E-state index in [-0.39, 0.29) is 19.3 Å². The smallest absolute Gasteiger partial charge is 0.245 e. The number of aliphatic imine (C=N–C) groups is 1. The Labute approximate surface area is 206 Å². The second-order valence-electron chi connectivity index (χ2n) is 7.87. The van der Waals surface area contributed by atoms with Crippen LogP contribution in [0.4, 0.5) is 0 Å². The van der Waals surface area contributed by atoms with Gasteiger partial charge in [0.25, 0.3) is 0 Å². The molecule has 3 aromatic rings. The van der Waals surface area contributed by atoms with E-state index in [0.29, 0.717) is 30.5 Å². The van der Waals surface area contributed by atoms with Crippen molar-refractivity contribution >= 4 is 23.5 Å². The average Bonchev–Trinajstić information content (AvgIpc) is 3.37. The Morgan fingerprint density at radius 3 is 2.74 bits per heavy atom. The zero-order chi connectivity index (χ0) is 24.1. The number of hydrogen-bond acceptors (Lipinski definition) is 6. The van der Waals surface area contributed by atoms with Gasteiger partial charge in [0.2, 0.25) is 11.8 Å². The van der Waals surface area contributed by atoms with Gasteiger partial charge in [-0.15, -0.1) is 0 Å². The lowest BCUT2D eigenvalue weighted by molar-refractivity contribution is -0.125. The Morgan fingerprint density at radius 1 is 1.20 bits per heavy atom. The van der Waals surface area contributed by atoms with Crippen molar-refractivity contribution in [3.63, 3.8) is 0 Å². The van der Waals surface area contributed by atoms with E-state index in [1.54, 1.807) is 25.6 Å². The fourth-order valence-corrected chi connectivity index (χ4v) is 4.22. The molecule has 0 N–H and O–H groups in total. The maximum Gasteiger partial charge on any atom is 0.245 e. The molecular formula is C28H30N4O3. The molecule has 1 aromatic heterocycles. The summed E-state index contributed by atoms with van der Waals surface area (Å²) in [5.41, 5.74) is 3.95. The number of likely N-dealkylation sites (tertiary alicyclic amines) is 1. The van der Waals surface area contributed by atoms with Gasteiger partial charge in [-0.2, -0.15) is 0 Å². The minimum absolute atomic E-state index is 0. The summed E-state index contributed by atoms with van der Waals surface area (Å²) in [6.45, 7) is 12.1. The minimum atomic E-state index is -0.0446. The van der Waals surface area contributed by atoms with Gasteiger partial charge in [-0.25, -0.2) is 15.0 Å². The van der Waals surface area contributed by atoms with Gasteiger partial charge in [0.1, 0.15) is 6.33 Å². The Morgan fingerprint density at radius 2 is 2.03 bits per heavy atom. The lowest BCUT2D eigenvalue weighted by atomic mass is 9.91. The second kappa shape index (κ2) is 11.2. The van der Waals surface area contributed by atoms with Crippen LogP contribution in [0.15, 0.2) is 85.1 Å². The molecule has 1 unspecified atom stereocenters. The number of nitrogens with zero attached hydrogens (tertiary/aromatic N) is 4. The summed E-state index contributed by atoms with van der Waals surface area (Å²) >= 11 is 0. The Bertz CT molecular complexity index is 1300. The lowest BCUT2D eigenvalue weighted by Crippen LogP contribution is -2.26. The number of carbonyl (C=O) groups is 1. The van der Waals surface area contributed by atoms with E-state index in [0.717, 1.165) is 34.0 Å². The molecule has 0 aliphatic carbocycles. The number of aromatic nitrogens is 2. The third-order valence-electron chi connectivity index (χ3n) is 5.88. The van der Waals surface area contributed by atoms with Crippen molar-refractivity contribution in [1.82, 2.24) is 14.9 Å². The molecule has 2 aromatic carbocycles. The molecule has 1 amide bonds. The normalized spacial score (nSPS) is 15.3. The SMILES string of the molecule is C.C=C/C=C(\N=C)Oc1ccc(-c2cc(C3CCN(C(=O)C=C)C3)c3ncncc3c2)cc1OC. The number of carbonyl (C=O) groups excluding carboxylic acids is 1. The number of hydrogen-bond donors (Lipinski definition) is 0. The lowest BCUT2D eigenvalue weighted by Gasteiger charge is -2.17. The van der Waals surface area contributed by atoms with Crippen molar-refractivity contribution in [2.24, 2.45) is 4.99 Å². The topological polar surface area (TPSA) is 76.9 Å². The molecular weight excluding hydrogens is 440 g/mol. The monoisotopic (exact) mass is 470 g/mol. The van der Waals surface area contributed by atoms with Crippen molar-refractivity contribution < 1.29 is 14.3 Å². The molecule has 1 fully saturated rings. The zero-order valence-corrected chi connectivity index (χ0v) is 19.1. The van der Waals surface area contributed by atoms with Crippen LogP contribution in [0.1, 0.15) is 25.3 Å². The van der Waals surface area contributed by atoms with Crippen LogP contribution < -0.4 is 9.47 Å². The summed E-state index contributed by atoms with van der Waals surface area (Å²) in [5.74, 6) is 1.54. The first-order valence-corrected chi connectivity index (χ1v) is 10.9. The molecule has 0 radical (unpaired) electrons. The molecule has 7 nitrogen and oxygen atoms in total. The van der Waals surface area contributed by atoms with Crippen LogP contribution in [-0.2, 0) is 4.79 Å². The number of amides is 1. The van der Waals surface area contributed by atoms with Crippen LogP contribution in [0.25, 0.3) is 22.0 Å². The minimum Gasteiger partial charge on any atom is -0.493 e. The second-order valence-corrected chi connectivity index (χ2v) is 7.87. The van der Waals surface area contributed by atoms with Crippen LogP contribution in [0, 0.1) is 0 Å². The van der Waals surface area contributed by atoms with Gasteiger partial charge < -0.3 is 14.4 Å². The highest BCUT2D eigenvalue weighted by atomic mass is 16.5. The molecule has 0 saturated carbocycles. The molecule has 7 heteroatoms. The van der Waals surface area contributed by atoms with Gasteiger partial charge in [0.05, 0.1) is 12.6 Å². The summed E-state index contributed by atoms with van der Waals surface area (Å²) in [7, 11) is 1.59. The maximum atomic E-state index is 12.1. The van der Waals surface area contributed by atoms with Crippen molar-refractivity contribution in [1.29, 1.82) is 0 Å². The van der Waals surface area contributed by atoms with E-state index in [1.165, 1.54) is 6.08 Å². The highest BCUT2D eigenvalue weighted by molar-refractivity contribution is 5.89. The first-order valence-electron chi connectivity index (χ1n) is 10.9. The number of benzene rings is 2. The summed E-state index contributed by atoms with van der Waals surface area (Å²) in [5, 5.41) is 0.940. The van der Waals surface area contributed by atoms with Crippen molar-refractivity contribution in [3.05, 3.63) is 85.7 Å². The summed E-state index contributed by atoms with van der Waals surface area (Å²) in [4.78, 5) is 26.6. The Balaban J connectivity index is 0.00000342. The third-order valence-corrected chi connectivity index (χ3v) is 5.88. The Hall–Kier alpha value is -4.26. The maximum absolute atomic E-state index is 12.1. The molecule has 0 spiro atoms. The van der Waals surface area contributed by atoms with E-state index < -0.39 is 0 Å². The van der Waals surface area contributed by atoms with Gasteiger partial charge in [-0.3, -0.25) is 4.79 Å². The zero-order valence-electron chi connectivity index (χ0n) is 19.1. The van der Waals surface area contributed by atoms with E-state index >= 15 is 0 Å². The molecule has 4 rings (SSSR count). The molecule has 1 saturated heterocycles. The third kappa shape index (κ3) is 5.30. The van der Waals surface area contributed by atoms with Gasteiger partial charge in [-0.1, -0.05) is 32.7 Å². The molecule has 1 aliphatic rings. The molecule has 35 heavy (non-hydrogen) atoms. The number of allylic oxidation sites excluding steroid dienone is 2. The van der Waals surface area contributed by atoms with E-state index in [2.05, 4.69) is 47.0 Å². The van der Waals surface area contributed by atoms with E-state index in [9.17, 15) is 4.79 Å². The number of ether oxygens (including phenoxy) is 2. The van der Waals surface area contributed by atoms with Gasteiger partial charge in [0.15, 0.2) is 11.5 Å². The van der Waals surface area contributed by atoms with Gasteiger partial charge in [0, 0.05) is 36.7 Å². The van der Waals surface area contributed by atoms with E-state index in [4.69, 9.17) is 9.47 Å². The summed E-state index contributed by atoms with van der Waals surface area (Å²) < 4.78 is 11.4. The first kappa shape index (κ1) is 25.4. The van der Waals surface area contributed by atoms with Crippen LogP contribution in [0.3, 0.4) is 0 Å². The molecule has 1 aliphatic heterocycles.